The molecule has 1 aliphatic heterocycles. The summed E-state index contributed by atoms with van der Waals surface area (Å²) < 4.78 is 0. The summed E-state index contributed by atoms with van der Waals surface area (Å²) in [7, 11) is 0. The molecule has 1 atom stereocenters. The van der Waals surface area contributed by atoms with Crippen LogP contribution < -0.4 is 10.2 Å². The molecule has 3 rings (SSSR count). The van der Waals surface area contributed by atoms with Crippen molar-refractivity contribution in [2.75, 3.05) is 23.3 Å². The van der Waals surface area contributed by atoms with Crippen LogP contribution in [-0.4, -0.2) is 23.1 Å². The maximum absolute atomic E-state index is 4.51. The number of aryl methyl sites for hydroxylation is 2. The quantitative estimate of drug-likeness (QED) is 0.902. The van der Waals surface area contributed by atoms with Crippen molar-refractivity contribution < 1.29 is 0 Å². The SMILES string of the molecule is CCc1cc(NC(C)c2cccc(N3CCCC3)c2)nc(C)n1. The first-order valence-electron chi connectivity index (χ1n) is 8.61. The highest BCUT2D eigenvalue weighted by Gasteiger charge is 2.14. The van der Waals surface area contributed by atoms with Gasteiger partial charge in [-0.3, -0.25) is 0 Å². The predicted octanol–water partition coefficient (Wildman–Crippen LogP) is 4.12. The molecular formula is C19H26N4. The molecule has 1 aromatic carbocycles. The van der Waals surface area contributed by atoms with E-state index < -0.39 is 0 Å². The standard InChI is InChI=1S/C19H26N4/c1-4-17-13-19(22-15(3)21-17)20-14(2)16-8-7-9-18(12-16)23-10-5-6-11-23/h7-9,12-14H,4-6,10-11H2,1-3H3,(H,20,21,22). The molecule has 4 nitrogen and oxygen atoms in total. The molecule has 1 aromatic heterocycles. The Morgan fingerprint density at radius 1 is 1.17 bits per heavy atom. The zero-order valence-corrected chi connectivity index (χ0v) is 14.3. The summed E-state index contributed by atoms with van der Waals surface area (Å²) in [5, 5.41) is 3.52. The van der Waals surface area contributed by atoms with Gasteiger partial charge < -0.3 is 10.2 Å². The molecule has 0 saturated carbocycles. The lowest BCUT2D eigenvalue weighted by Gasteiger charge is -2.21. The average molecular weight is 310 g/mol. The van der Waals surface area contributed by atoms with E-state index in [0.717, 1.165) is 23.8 Å². The molecule has 0 bridgehead atoms. The molecule has 0 amide bonds. The van der Waals surface area contributed by atoms with E-state index in [0.29, 0.717) is 0 Å². The van der Waals surface area contributed by atoms with Crippen LogP contribution in [-0.2, 0) is 6.42 Å². The fourth-order valence-corrected chi connectivity index (χ4v) is 3.16. The Bertz CT molecular complexity index is 662. The van der Waals surface area contributed by atoms with Gasteiger partial charge in [-0.15, -0.1) is 0 Å². The minimum atomic E-state index is 0.219. The van der Waals surface area contributed by atoms with Crippen LogP contribution >= 0.6 is 0 Å². The summed E-state index contributed by atoms with van der Waals surface area (Å²) in [5.41, 5.74) is 3.71. The lowest BCUT2D eigenvalue weighted by atomic mass is 10.1. The Hall–Kier alpha value is -2.10. The van der Waals surface area contributed by atoms with Crippen LogP contribution in [0.4, 0.5) is 11.5 Å². The molecule has 0 radical (unpaired) electrons. The number of benzene rings is 1. The predicted molar refractivity (Wildman–Crippen MR) is 96.1 cm³/mol. The molecular weight excluding hydrogens is 284 g/mol. The van der Waals surface area contributed by atoms with Crippen LogP contribution in [0.25, 0.3) is 0 Å². The van der Waals surface area contributed by atoms with E-state index in [1.165, 1.54) is 37.2 Å². The minimum Gasteiger partial charge on any atom is -0.372 e. The van der Waals surface area contributed by atoms with Crippen molar-refractivity contribution in [1.82, 2.24) is 9.97 Å². The fourth-order valence-electron chi connectivity index (χ4n) is 3.16. The number of nitrogens with one attached hydrogen (secondary N) is 1. The second-order valence-electron chi connectivity index (χ2n) is 6.30. The molecule has 0 spiro atoms. The Morgan fingerprint density at radius 3 is 2.70 bits per heavy atom. The lowest BCUT2D eigenvalue weighted by Crippen LogP contribution is -2.18. The molecule has 1 unspecified atom stereocenters. The molecule has 122 valence electrons. The Kier molecular flexibility index (Phi) is 4.79. The molecule has 1 fully saturated rings. The molecule has 2 aromatic rings. The van der Waals surface area contributed by atoms with Crippen LogP contribution in [0.3, 0.4) is 0 Å². The van der Waals surface area contributed by atoms with Crippen LogP contribution in [0.5, 0.6) is 0 Å². The Morgan fingerprint density at radius 2 is 1.96 bits per heavy atom. The van der Waals surface area contributed by atoms with Crippen LogP contribution in [0.2, 0.25) is 0 Å². The van der Waals surface area contributed by atoms with E-state index in [1.54, 1.807) is 0 Å². The number of aromatic nitrogens is 2. The normalized spacial score (nSPS) is 15.7. The van der Waals surface area contributed by atoms with Gasteiger partial charge in [0.05, 0.1) is 6.04 Å². The van der Waals surface area contributed by atoms with Gasteiger partial charge in [-0.05, 0) is 50.8 Å². The maximum Gasteiger partial charge on any atom is 0.130 e. The number of hydrogen-bond acceptors (Lipinski definition) is 4. The Balaban J connectivity index is 1.76. The molecule has 1 N–H and O–H groups in total. The highest BCUT2D eigenvalue weighted by molar-refractivity contribution is 5.51. The fraction of sp³-hybridized carbons (Fsp3) is 0.474. The van der Waals surface area contributed by atoms with Gasteiger partial charge in [0.1, 0.15) is 11.6 Å². The summed E-state index contributed by atoms with van der Waals surface area (Å²) in [6.45, 7) is 8.61. The van der Waals surface area contributed by atoms with Gasteiger partial charge in [0.2, 0.25) is 0 Å². The smallest absolute Gasteiger partial charge is 0.130 e. The largest absolute Gasteiger partial charge is 0.372 e. The molecule has 1 saturated heterocycles. The third-order valence-corrected chi connectivity index (χ3v) is 4.46. The molecule has 4 heteroatoms. The molecule has 2 heterocycles. The summed E-state index contributed by atoms with van der Waals surface area (Å²) >= 11 is 0. The number of nitrogens with zero attached hydrogens (tertiary/aromatic N) is 3. The van der Waals surface area contributed by atoms with Crippen molar-refractivity contribution >= 4 is 11.5 Å². The number of hydrogen-bond donors (Lipinski definition) is 1. The average Bonchev–Trinajstić information content (AvgIpc) is 3.09. The third kappa shape index (κ3) is 3.81. The first kappa shape index (κ1) is 15.8. The van der Waals surface area contributed by atoms with E-state index in [2.05, 4.69) is 58.3 Å². The van der Waals surface area contributed by atoms with Crippen molar-refractivity contribution in [2.45, 2.75) is 46.1 Å². The van der Waals surface area contributed by atoms with E-state index in [4.69, 9.17) is 0 Å². The molecule has 23 heavy (non-hydrogen) atoms. The zero-order chi connectivity index (χ0) is 16.2. The number of rotatable bonds is 5. The second kappa shape index (κ2) is 6.99. The highest BCUT2D eigenvalue weighted by atomic mass is 15.1. The van der Waals surface area contributed by atoms with Gasteiger partial charge in [0.15, 0.2) is 0 Å². The van der Waals surface area contributed by atoms with E-state index in [1.807, 2.05) is 13.0 Å². The highest BCUT2D eigenvalue weighted by Crippen LogP contribution is 2.25. The first-order chi connectivity index (χ1) is 11.2. The van der Waals surface area contributed by atoms with Gasteiger partial charge in [0.25, 0.3) is 0 Å². The Labute approximate surface area is 139 Å². The van der Waals surface area contributed by atoms with Gasteiger partial charge in [-0.25, -0.2) is 9.97 Å². The molecule has 0 aliphatic carbocycles. The van der Waals surface area contributed by atoms with E-state index in [9.17, 15) is 0 Å². The summed E-state index contributed by atoms with van der Waals surface area (Å²) in [4.78, 5) is 11.4. The second-order valence-corrected chi connectivity index (χ2v) is 6.30. The third-order valence-electron chi connectivity index (χ3n) is 4.46. The topological polar surface area (TPSA) is 41.0 Å². The summed E-state index contributed by atoms with van der Waals surface area (Å²) in [6, 6.07) is 11.1. The van der Waals surface area contributed by atoms with Gasteiger partial charge in [-0.1, -0.05) is 19.1 Å². The van der Waals surface area contributed by atoms with Crippen LogP contribution in [0.15, 0.2) is 30.3 Å². The van der Waals surface area contributed by atoms with Gasteiger partial charge in [0, 0.05) is 30.5 Å². The van der Waals surface area contributed by atoms with Gasteiger partial charge >= 0.3 is 0 Å². The van der Waals surface area contributed by atoms with Crippen LogP contribution in [0.1, 0.15) is 49.8 Å². The van der Waals surface area contributed by atoms with Gasteiger partial charge in [-0.2, -0.15) is 0 Å². The van der Waals surface area contributed by atoms with E-state index in [-0.39, 0.29) is 6.04 Å². The van der Waals surface area contributed by atoms with Crippen molar-refractivity contribution in [3.05, 3.63) is 47.4 Å². The molecule has 1 aliphatic rings. The first-order valence-corrected chi connectivity index (χ1v) is 8.61. The summed E-state index contributed by atoms with van der Waals surface area (Å²) in [5.74, 6) is 1.73. The summed E-state index contributed by atoms with van der Waals surface area (Å²) in [6.07, 6.45) is 3.53. The van der Waals surface area contributed by atoms with E-state index >= 15 is 0 Å². The van der Waals surface area contributed by atoms with Crippen molar-refractivity contribution in [1.29, 1.82) is 0 Å². The number of anilines is 2. The maximum atomic E-state index is 4.51. The van der Waals surface area contributed by atoms with Crippen molar-refractivity contribution in [2.24, 2.45) is 0 Å². The van der Waals surface area contributed by atoms with Crippen molar-refractivity contribution in [3.8, 4) is 0 Å². The lowest BCUT2D eigenvalue weighted by molar-refractivity contribution is 0.855. The monoisotopic (exact) mass is 310 g/mol. The minimum absolute atomic E-state index is 0.219. The van der Waals surface area contributed by atoms with Crippen molar-refractivity contribution in [3.63, 3.8) is 0 Å². The zero-order valence-electron chi connectivity index (χ0n) is 14.3. The van der Waals surface area contributed by atoms with Crippen LogP contribution in [0, 0.1) is 6.92 Å².